The van der Waals surface area contributed by atoms with Crippen molar-refractivity contribution in [1.29, 1.82) is 0 Å². The molecule has 0 saturated carbocycles. The number of aromatic nitrogens is 2. The van der Waals surface area contributed by atoms with Crippen LogP contribution < -0.4 is 5.73 Å². The Hall–Kier alpha value is -1.77. The predicted octanol–water partition coefficient (Wildman–Crippen LogP) is 1.10. The Labute approximate surface area is 97.6 Å². The highest BCUT2D eigenvalue weighted by Gasteiger charge is 2.38. The summed E-state index contributed by atoms with van der Waals surface area (Å²) in [5.41, 5.74) is 5.02. The van der Waals surface area contributed by atoms with E-state index >= 15 is 0 Å². The third-order valence-corrected chi connectivity index (χ3v) is 1.53. The molecular formula is C7H7ClF3N3O3. The fraction of sp³-hybridized carbons (Fsp3) is 0.286. The number of H-pyrrole nitrogens is 1. The summed E-state index contributed by atoms with van der Waals surface area (Å²) in [6, 6.07) is 0. The minimum absolute atomic E-state index is 0.0965. The summed E-state index contributed by atoms with van der Waals surface area (Å²) in [7, 11) is 0. The zero-order valence-electron chi connectivity index (χ0n) is 8.30. The number of nitrogens with one attached hydrogen (secondary N) is 1. The Kier molecular flexibility index (Phi) is 4.95. The van der Waals surface area contributed by atoms with Gasteiger partial charge in [-0.3, -0.25) is 4.79 Å². The van der Waals surface area contributed by atoms with Crippen LogP contribution in [0.25, 0.3) is 0 Å². The molecule has 1 aromatic heterocycles. The maximum atomic E-state index is 10.6. The molecule has 1 aromatic rings. The van der Waals surface area contributed by atoms with Gasteiger partial charge in [0.2, 0.25) is 0 Å². The molecule has 1 rings (SSSR count). The van der Waals surface area contributed by atoms with Gasteiger partial charge in [-0.2, -0.15) is 13.2 Å². The number of carboxylic acids is 1. The Morgan fingerprint density at radius 2 is 1.88 bits per heavy atom. The fourth-order valence-corrected chi connectivity index (χ4v) is 0.898. The molecule has 0 aromatic carbocycles. The number of aromatic amines is 1. The van der Waals surface area contributed by atoms with Gasteiger partial charge in [0.05, 0.1) is 0 Å². The maximum Gasteiger partial charge on any atom is 0.490 e. The van der Waals surface area contributed by atoms with Crippen LogP contribution >= 0.6 is 11.6 Å². The van der Waals surface area contributed by atoms with E-state index in [-0.39, 0.29) is 10.8 Å². The van der Waals surface area contributed by atoms with Crippen LogP contribution in [0.1, 0.15) is 16.3 Å². The largest absolute Gasteiger partial charge is 0.490 e. The zero-order valence-corrected chi connectivity index (χ0v) is 9.06. The van der Waals surface area contributed by atoms with Crippen molar-refractivity contribution >= 4 is 23.5 Å². The van der Waals surface area contributed by atoms with Crippen LogP contribution in [0.2, 0.25) is 5.15 Å². The van der Waals surface area contributed by atoms with Crippen molar-refractivity contribution in [2.45, 2.75) is 13.1 Å². The number of halogens is 4. The van der Waals surface area contributed by atoms with E-state index in [9.17, 15) is 18.0 Å². The number of rotatable bonds is 1. The van der Waals surface area contributed by atoms with Crippen molar-refractivity contribution in [1.82, 2.24) is 9.97 Å². The molecule has 0 bridgehead atoms. The standard InChI is InChI=1S/C5H6ClN3O.C2HF3O2/c1-2-8-3(5(7)10)4(6)9-2;3-2(4,5)1(6)7/h1H3,(H2,7,10)(H,8,9);(H,6,7). The van der Waals surface area contributed by atoms with E-state index in [1.807, 2.05) is 0 Å². The first kappa shape index (κ1) is 15.2. The number of carbonyl (C=O) groups is 2. The second kappa shape index (κ2) is 5.53. The van der Waals surface area contributed by atoms with Crippen LogP contribution in [-0.2, 0) is 4.79 Å². The van der Waals surface area contributed by atoms with Gasteiger partial charge in [-0.25, -0.2) is 9.78 Å². The first-order valence-electron chi connectivity index (χ1n) is 3.87. The van der Waals surface area contributed by atoms with Gasteiger partial charge in [0.1, 0.15) is 11.0 Å². The number of carboxylic acid groups (broad SMARTS) is 1. The Bertz CT molecular complexity index is 430. The minimum Gasteiger partial charge on any atom is -0.475 e. The normalized spacial score (nSPS) is 10.4. The van der Waals surface area contributed by atoms with E-state index in [2.05, 4.69) is 9.97 Å². The van der Waals surface area contributed by atoms with E-state index in [0.29, 0.717) is 5.82 Å². The fourth-order valence-electron chi connectivity index (χ4n) is 0.626. The summed E-state index contributed by atoms with van der Waals surface area (Å²) < 4.78 is 31.7. The number of alkyl halides is 3. The van der Waals surface area contributed by atoms with E-state index in [1.54, 1.807) is 6.92 Å². The number of hydrogen-bond acceptors (Lipinski definition) is 3. The minimum atomic E-state index is -5.08. The van der Waals surface area contributed by atoms with Gasteiger partial charge in [-0.15, -0.1) is 0 Å². The van der Waals surface area contributed by atoms with Crippen LogP contribution in [0.5, 0.6) is 0 Å². The number of carbonyl (C=O) groups excluding carboxylic acids is 1. The molecule has 0 saturated heterocycles. The van der Waals surface area contributed by atoms with Crippen molar-refractivity contribution in [2.75, 3.05) is 0 Å². The van der Waals surface area contributed by atoms with Gasteiger partial charge in [0.15, 0.2) is 5.69 Å². The van der Waals surface area contributed by atoms with Crippen LogP contribution in [-0.4, -0.2) is 33.1 Å². The number of primary amides is 1. The highest BCUT2D eigenvalue weighted by molar-refractivity contribution is 6.32. The lowest BCUT2D eigenvalue weighted by molar-refractivity contribution is -0.192. The molecule has 0 spiro atoms. The molecule has 0 fully saturated rings. The third kappa shape index (κ3) is 5.20. The number of imidazole rings is 1. The van der Waals surface area contributed by atoms with Crippen LogP contribution in [0.4, 0.5) is 13.2 Å². The smallest absolute Gasteiger partial charge is 0.475 e. The third-order valence-electron chi connectivity index (χ3n) is 1.25. The van der Waals surface area contributed by atoms with Crippen LogP contribution in [0, 0.1) is 6.92 Å². The molecule has 0 aliphatic rings. The predicted molar refractivity (Wildman–Crippen MR) is 50.5 cm³/mol. The SMILES string of the molecule is Cc1nc(C(N)=O)c(Cl)[nH]1.O=C(O)C(F)(F)F. The first-order valence-corrected chi connectivity index (χ1v) is 4.25. The van der Waals surface area contributed by atoms with E-state index in [4.69, 9.17) is 27.2 Å². The molecule has 1 heterocycles. The molecule has 96 valence electrons. The molecule has 4 N–H and O–H groups in total. The van der Waals surface area contributed by atoms with Crippen molar-refractivity contribution in [3.63, 3.8) is 0 Å². The zero-order chi connectivity index (χ0) is 13.8. The highest BCUT2D eigenvalue weighted by Crippen LogP contribution is 2.13. The van der Waals surface area contributed by atoms with Crippen molar-refractivity contribution in [2.24, 2.45) is 5.73 Å². The van der Waals surface area contributed by atoms with Crippen molar-refractivity contribution < 1.29 is 27.9 Å². The molecule has 6 nitrogen and oxygen atoms in total. The average Bonchev–Trinajstić information content (AvgIpc) is 2.44. The topological polar surface area (TPSA) is 109 Å². The van der Waals surface area contributed by atoms with Gasteiger partial charge in [0.25, 0.3) is 5.91 Å². The van der Waals surface area contributed by atoms with Crippen LogP contribution in [0.15, 0.2) is 0 Å². The van der Waals surface area contributed by atoms with E-state index < -0.39 is 18.1 Å². The first-order chi connectivity index (χ1) is 7.55. The van der Waals surface area contributed by atoms with Gasteiger partial charge in [-0.05, 0) is 6.92 Å². The number of aliphatic carboxylic acids is 1. The second-order valence-electron chi connectivity index (χ2n) is 2.65. The van der Waals surface area contributed by atoms with Crippen molar-refractivity contribution in [3.8, 4) is 0 Å². The molecular weight excluding hydrogens is 267 g/mol. The number of amides is 1. The number of hydrogen-bond donors (Lipinski definition) is 3. The number of nitrogens with two attached hydrogens (primary N) is 1. The molecule has 17 heavy (non-hydrogen) atoms. The lowest BCUT2D eigenvalue weighted by atomic mass is 10.5. The summed E-state index contributed by atoms with van der Waals surface area (Å²) in [4.78, 5) is 25.8. The molecule has 1 amide bonds. The Morgan fingerprint density at radius 1 is 1.47 bits per heavy atom. The molecule has 0 aliphatic carbocycles. The van der Waals surface area contributed by atoms with Gasteiger partial charge >= 0.3 is 12.1 Å². The molecule has 10 heteroatoms. The number of nitrogens with zero attached hydrogens (tertiary/aromatic N) is 1. The van der Waals surface area contributed by atoms with Gasteiger partial charge in [0, 0.05) is 0 Å². The highest BCUT2D eigenvalue weighted by atomic mass is 35.5. The van der Waals surface area contributed by atoms with Gasteiger partial charge < -0.3 is 15.8 Å². The van der Waals surface area contributed by atoms with E-state index in [1.165, 1.54) is 0 Å². The van der Waals surface area contributed by atoms with Crippen molar-refractivity contribution in [3.05, 3.63) is 16.7 Å². The quantitative estimate of drug-likeness (QED) is 0.712. The number of aryl methyl sites for hydroxylation is 1. The lowest BCUT2D eigenvalue weighted by Crippen LogP contribution is -2.21. The summed E-state index contributed by atoms with van der Waals surface area (Å²) in [6.07, 6.45) is -5.08. The average molecular weight is 274 g/mol. The summed E-state index contributed by atoms with van der Waals surface area (Å²) in [5, 5.41) is 7.32. The Morgan fingerprint density at radius 3 is 2.00 bits per heavy atom. The lowest BCUT2D eigenvalue weighted by Gasteiger charge is -1.93. The molecule has 0 aliphatic heterocycles. The molecule has 0 atom stereocenters. The summed E-state index contributed by atoms with van der Waals surface area (Å²) in [5.74, 6) is -2.79. The maximum absolute atomic E-state index is 10.6. The van der Waals surface area contributed by atoms with E-state index in [0.717, 1.165) is 0 Å². The monoisotopic (exact) mass is 273 g/mol. The van der Waals surface area contributed by atoms with Gasteiger partial charge in [-0.1, -0.05) is 11.6 Å². The van der Waals surface area contributed by atoms with Crippen LogP contribution in [0.3, 0.4) is 0 Å². The summed E-state index contributed by atoms with van der Waals surface area (Å²) >= 11 is 5.52. The molecule has 0 unspecified atom stereocenters. The Balaban J connectivity index is 0.000000325. The second-order valence-corrected chi connectivity index (χ2v) is 3.03. The summed E-state index contributed by atoms with van der Waals surface area (Å²) in [6.45, 7) is 1.69. The molecule has 0 radical (unpaired) electrons.